The average Bonchev–Trinajstić information content (AvgIpc) is 3.02. The maximum Gasteiger partial charge on any atom is 0.339 e. The summed E-state index contributed by atoms with van der Waals surface area (Å²) in [5.74, 6) is 0.0326. The highest BCUT2D eigenvalue weighted by Crippen LogP contribution is 2.33. The Bertz CT molecular complexity index is 738. The normalized spacial score (nSPS) is 16.3. The zero-order valence-corrected chi connectivity index (χ0v) is 14.8. The van der Waals surface area contributed by atoms with Gasteiger partial charge in [-0.15, -0.1) is 11.3 Å². The Hall–Kier alpha value is -2.14. The number of likely N-dealkylation sites (N-methyl/N-ethyl adjacent to an activating group) is 1. The topological polar surface area (TPSA) is 46.6 Å². The minimum atomic E-state index is -0.392. The number of hydrogen-bond acceptors (Lipinski definition) is 4. The summed E-state index contributed by atoms with van der Waals surface area (Å²) in [4.78, 5) is 27.3. The molecule has 1 atom stereocenters. The van der Waals surface area contributed by atoms with Gasteiger partial charge in [0, 0.05) is 23.0 Å². The van der Waals surface area contributed by atoms with E-state index in [1.165, 1.54) is 9.78 Å². The maximum atomic E-state index is 12.3. The van der Waals surface area contributed by atoms with Crippen molar-refractivity contribution in [3.05, 3.63) is 51.7 Å². The lowest BCUT2D eigenvalue weighted by molar-refractivity contribution is -0.121. The molecule has 126 valence electrons. The number of hydrogen-bond donors (Lipinski definition) is 0. The summed E-state index contributed by atoms with van der Waals surface area (Å²) in [6.07, 6.45) is 3.05. The molecule has 1 aromatic heterocycles. The smallest absolute Gasteiger partial charge is 0.339 e. The monoisotopic (exact) mass is 343 g/mol. The summed E-state index contributed by atoms with van der Waals surface area (Å²) < 4.78 is 5.26. The van der Waals surface area contributed by atoms with Crippen LogP contribution in [0.2, 0.25) is 0 Å². The van der Waals surface area contributed by atoms with Crippen LogP contribution in [0.5, 0.6) is 0 Å². The minimum Gasteiger partial charge on any atom is -0.452 e. The van der Waals surface area contributed by atoms with Gasteiger partial charge in [-0.2, -0.15) is 0 Å². The largest absolute Gasteiger partial charge is 0.452 e. The fourth-order valence-corrected chi connectivity index (χ4v) is 4.18. The van der Waals surface area contributed by atoms with E-state index in [4.69, 9.17) is 4.74 Å². The Morgan fingerprint density at radius 2 is 2.04 bits per heavy atom. The SMILES string of the molecule is CC1CCc2c(C(=O)OCC(=O)N(C)c3ccccc3)csc2C1. The summed E-state index contributed by atoms with van der Waals surface area (Å²) in [5.41, 5.74) is 2.53. The van der Waals surface area contributed by atoms with Crippen molar-refractivity contribution in [1.82, 2.24) is 0 Å². The van der Waals surface area contributed by atoms with E-state index in [2.05, 4.69) is 6.92 Å². The number of fused-ring (bicyclic) bond motifs is 1. The Morgan fingerprint density at radius 1 is 1.29 bits per heavy atom. The van der Waals surface area contributed by atoms with Crippen molar-refractivity contribution in [3.8, 4) is 0 Å². The van der Waals surface area contributed by atoms with Gasteiger partial charge < -0.3 is 9.64 Å². The highest BCUT2D eigenvalue weighted by molar-refractivity contribution is 7.10. The third kappa shape index (κ3) is 3.51. The number of thiophene rings is 1. The molecule has 1 heterocycles. The molecule has 24 heavy (non-hydrogen) atoms. The van der Waals surface area contributed by atoms with Crippen molar-refractivity contribution < 1.29 is 14.3 Å². The number of carbonyl (C=O) groups excluding carboxylic acids is 2. The predicted molar refractivity (Wildman–Crippen MR) is 95.6 cm³/mol. The molecule has 0 saturated carbocycles. The summed E-state index contributed by atoms with van der Waals surface area (Å²) in [6, 6.07) is 9.31. The Kier molecular flexibility index (Phi) is 5.00. The van der Waals surface area contributed by atoms with Crippen molar-refractivity contribution >= 4 is 28.9 Å². The van der Waals surface area contributed by atoms with Gasteiger partial charge in [0.15, 0.2) is 6.61 Å². The first-order chi connectivity index (χ1) is 11.6. The molecule has 1 aliphatic rings. The molecule has 4 nitrogen and oxygen atoms in total. The molecular formula is C19H21NO3S. The number of benzene rings is 1. The van der Waals surface area contributed by atoms with Crippen molar-refractivity contribution in [1.29, 1.82) is 0 Å². The van der Waals surface area contributed by atoms with Crippen LogP contribution in [-0.2, 0) is 22.4 Å². The number of esters is 1. The zero-order valence-electron chi connectivity index (χ0n) is 14.0. The second kappa shape index (κ2) is 7.18. The van der Waals surface area contributed by atoms with Gasteiger partial charge >= 0.3 is 5.97 Å². The van der Waals surface area contributed by atoms with E-state index < -0.39 is 5.97 Å². The summed E-state index contributed by atoms with van der Waals surface area (Å²) in [7, 11) is 1.68. The second-order valence-electron chi connectivity index (χ2n) is 6.26. The van der Waals surface area contributed by atoms with Gasteiger partial charge in [-0.1, -0.05) is 25.1 Å². The minimum absolute atomic E-state index is 0.243. The van der Waals surface area contributed by atoms with E-state index >= 15 is 0 Å². The third-order valence-corrected chi connectivity index (χ3v) is 5.52. The Labute approximate surface area is 146 Å². The van der Waals surface area contributed by atoms with Crippen molar-refractivity contribution in [2.75, 3.05) is 18.6 Å². The molecule has 1 aliphatic carbocycles. The van der Waals surface area contributed by atoms with Gasteiger partial charge in [0.1, 0.15) is 0 Å². The molecule has 0 N–H and O–H groups in total. The summed E-state index contributed by atoms with van der Waals surface area (Å²) in [5, 5.41) is 1.87. The van der Waals surface area contributed by atoms with Crippen LogP contribution in [0, 0.1) is 5.92 Å². The van der Waals surface area contributed by atoms with E-state index in [0.29, 0.717) is 11.5 Å². The Balaban J connectivity index is 1.61. The quantitative estimate of drug-likeness (QED) is 0.796. The number of para-hydroxylation sites is 1. The van der Waals surface area contributed by atoms with Crippen LogP contribution >= 0.6 is 11.3 Å². The van der Waals surface area contributed by atoms with Crippen molar-refractivity contribution in [2.24, 2.45) is 5.92 Å². The molecule has 1 aromatic carbocycles. The van der Waals surface area contributed by atoms with Crippen molar-refractivity contribution in [2.45, 2.75) is 26.2 Å². The number of amides is 1. The predicted octanol–water partition coefficient (Wildman–Crippen LogP) is 3.69. The second-order valence-corrected chi connectivity index (χ2v) is 7.23. The first-order valence-electron chi connectivity index (χ1n) is 8.14. The lowest BCUT2D eigenvalue weighted by Gasteiger charge is -2.19. The van der Waals surface area contributed by atoms with E-state index in [9.17, 15) is 9.59 Å². The van der Waals surface area contributed by atoms with Crippen molar-refractivity contribution in [3.63, 3.8) is 0 Å². The van der Waals surface area contributed by atoms with Crippen LogP contribution in [-0.4, -0.2) is 25.5 Å². The van der Waals surface area contributed by atoms with E-state index in [0.717, 1.165) is 30.5 Å². The molecule has 0 spiro atoms. The van der Waals surface area contributed by atoms with Crippen LogP contribution in [0.15, 0.2) is 35.7 Å². The summed E-state index contributed by atoms with van der Waals surface area (Å²) in [6.45, 7) is 1.99. The van der Waals surface area contributed by atoms with E-state index in [1.807, 2.05) is 35.7 Å². The van der Waals surface area contributed by atoms with Gasteiger partial charge in [-0.05, 0) is 42.9 Å². The first-order valence-corrected chi connectivity index (χ1v) is 9.02. The van der Waals surface area contributed by atoms with Crippen LogP contribution in [0.1, 0.15) is 34.1 Å². The highest BCUT2D eigenvalue weighted by Gasteiger charge is 2.24. The lowest BCUT2D eigenvalue weighted by Crippen LogP contribution is -2.31. The number of anilines is 1. The summed E-state index contributed by atoms with van der Waals surface area (Å²) >= 11 is 1.63. The molecule has 0 aliphatic heterocycles. The van der Waals surface area contributed by atoms with E-state index in [-0.39, 0.29) is 12.5 Å². The maximum absolute atomic E-state index is 12.3. The molecular weight excluding hydrogens is 322 g/mol. The fourth-order valence-electron chi connectivity index (χ4n) is 2.95. The fraction of sp³-hybridized carbons (Fsp3) is 0.368. The average molecular weight is 343 g/mol. The first kappa shape index (κ1) is 16.7. The highest BCUT2D eigenvalue weighted by atomic mass is 32.1. The molecule has 0 saturated heterocycles. The molecule has 1 amide bonds. The van der Waals surface area contributed by atoms with Gasteiger partial charge in [-0.3, -0.25) is 4.79 Å². The molecule has 3 rings (SSSR count). The van der Waals surface area contributed by atoms with Crippen LogP contribution in [0.4, 0.5) is 5.69 Å². The van der Waals surface area contributed by atoms with Crippen LogP contribution in [0.3, 0.4) is 0 Å². The van der Waals surface area contributed by atoms with Crippen LogP contribution < -0.4 is 4.90 Å². The van der Waals surface area contributed by atoms with Gasteiger partial charge in [0.05, 0.1) is 5.56 Å². The number of ether oxygens (including phenoxy) is 1. The molecule has 0 radical (unpaired) electrons. The lowest BCUT2D eigenvalue weighted by atomic mass is 9.88. The van der Waals surface area contributed by atoms with Crippen LogP contribution in [0.25, 0.3) is 0 Å². The molecule has 1 unspecified atom stereocenters. The van der Waals surface area contributed by atoms with Gasteiger partial charge in [0.25, 0.3) is 5.91 Å². The molecule has 0 fully saturated rings. The number of nitrogens with zero attached hydrogens (tertiary/aromatic N) is 1. The standard InChI is InChI=1S/C19H21NO3S/c1-13-8-9-15-16(12-24-17(15)10-13)19(22)23-11-18(21)20(2)14-6-4-3-5-7-14/h3-7,12-13H,8-11H2,1-2H3. The zero-order chi connectivity index (χ0) is 17.1. The molecule has 2 aromatic rings. The molecule has 0 bridgehead atoms. The number of rotatable bonds is 4. The van der Waals surface area contributed by atoms with Gasteiger partial charge in [-0.25, -0.2) is 4.79 Å². The number of carbonyl (C=O) groups is 2. The third-order valence-electron chi connectivity index (χ3n) is 4.47. The molecule has 5 heteroatoms. The Morgan fingerprint density at radius 3 is 2.79 bits per heavy atom. The van der Waals surface area contributed by atoms with E-state index in [1.54, 1.807) is 18.4 Å². The van der Waals surface area contributed by atoms with Gasteiger partial charge in [0.2, 0.25) is 0 Å².